The third-order valence-corrected chi connectivity index (χ3v) is 5.63. The van der Waals surface area contributed by atoms with Crippen LogP contribution in [-0.2, 0) is 18.7 Å². The number of likely N-dealkylation sites (tertiary alicyclic amines) is 1. The van der Waals surface area contributed by atoms with Crippen LogP contribution in [-0.4, -0.2) is 38.4 Å². The maximum atomic E-state index is 14.1. The summed E-state index contributed by atoms with van der Waals surface area (Å²) in [6.45, 7) is 4.86. The number of nitrogens with zero attached hydrogens (tertiary/aromatic N) is 4. The van der Waals surface area contributed by atoms with E-state index in [0.717, 1.165) is 24.5 Å². The fourth-order valence-electron chi connectivity index (χ4n) is 3.86. The number of halogens is 1. The van der Waals surface area contributed by atoms with Gasteiger partial charge in [0.05, 0.1) is 19.6 Å². The van der Waals surface area contributed by atoms with Crippen molar-refractivity contribution in [2.75, 3.05) is 13.1 Å². The number of aliphatic hydroxyl groups is 1. The molecule has 4 rings (SSSR count). The lowest BCUT2D eigenvalue weighted by atomic mass is 9.84. The molecule has 2 heterocycles. The van der Waals surface area contributed by atoms with Crippen LogP contribution in [0.25, 0.3) is 0 Å². The largest absolute Gasteiger partial charge is 0.385 e. The molecule has 7 heteroatoms. The van der Waals surface area contributed by atoms with Gasteiger partial charge in [0.15, 0.2) is 0 Å². The summed E-state index contributed by atoms with van der Waals surface area (Å²) >= 11 is 0. The zero-order valence-electron chi connectivity index (χ0n) is 16.0. The van der Waals surface area contributed by atoms with E-state index in [0.29, 0.717) is 31.5 Å². The van der Waals surface area contributed by atoms with Crippen LogP contribution < -0.4 is 4.90 Å². The van der Waals surface area contributed by atoms with Crippen LogP contribution in [0.15, 0.2) is 48.5 Å². The molecule has 1 aliphatic rings. The van der Waals surface area contributed by atoms with Gasteiger partial charge < -0.3 is 10.0 Å². The Morgan fingerprint density at radius 2 is 1.82 bits per heavy atom. The number of quaternary nitrogens is 1. The number of hydrogen-bond acceptors (Lipinski definition) is 4. The molecule has 0 atom stereocenters. The molecule has 1 fully saturated rings. The lowest BCUT2D eigenvalue weighted by molar-refractivity contribution is -0.922. The van der Waals surface area contributed by atoms with Crippen LogP contribution >= 0.6 is 0 Å². The van der Waals surface area contributed by atoms with Gasteiger partial charge in [-0.2, -0.15) is 0 Å². The lowest BCUT2D eigenvalue weighted by Crippen LogP contribution is -3.12. The third kappa shape index (κ3) is 3.95. The highest BCUT2D eigenvalue weighted by atomic mass is 19.1. The van der Waals surface area contributed by atoms with E-state index in [9.17, 15) is 9.50 Å². The second-order valence-electron chi connectivity index (χ2n) is 7.68. The van der Waals surface area contributed by atoms with Gasteiger partial charge in [-0.05, 0) is 29.0 Å². The molecule has 1 saturated heterocycles. The van der Waals surface area contributed by atoms with Gasteiger partial charge in [0.2, 0.25) is 5.82 Å². The van der Waals surface area contributed by atoms with Gasteiger partial charge in [0, 0.05) is 18.4 Å². The van der Waals surface area contributed by atoms with Gasteiger partial charge in [-0.1, -0.05) is 48.0 Å². The van der Waals surface area contributed by atoms with Gasteiger partial charge in [0.1, 0.15) is 18.0 Å². The average molecular weight is 382 g/mol. The maximum absolute atomic E-state index is 14.1. The molecule has 0 amide bonds. The van der Waals surface area contributed by atoms with Crippen molar-refractivity contribution < 1.29 is 14.4 Å². The molecule has 0 bridgehead atoms. The van der Waals surface area contributed by atoms with E-state index in [1.54, 1.807) is 18.2 Å². The molecule has 0 saturated carbocycles. The quantitative estimate of drug-likeness (QED) is 0.697. The van der Waals surface area contributed by atoms with Crippen LogP contribution in [0.4, 0.5) is 4.39 Å². The van der Waals surface area contributed by atoms with E-state index in [2.05, 4.69) is 46.7 Å². The molecule has 0 unspecified atom stereocenters. The first-order valence-electron chi connectivity index (χ1n) is 9.65. The molecular weight excluding hydrogens is 357 g/mol. The van der Waals surface area contributed by atoms with Crippen molar-refractivity contribution in [3.63, 3.8) is 0 Å². The molecule has 6 nitrogen and oxygen atoms in total. The Hall–Kier alpha value is -2.64. The number of piperidine rings is 1. The first-order valence-corrected chi connectivity index (χ1v) is 9.65. The summed E-state index contributed by atoms with van der Waals surface area (Å²) in [6.07, 6.45) is 1.03. The van der Waals surface area contributed by atoms with E-state index >= 15 is 0 Å². The van der Waals surface area contributed by atoms with Gasteiger partial charge in [0.25, 0.3) is 0 Å². The second-order valence-corrected chi connectivity index (χ2v) is 7.68. The summed E-state index contributed by atoms with van der Waals surface area (Å²) in [4.78, 5) is 1.29. The standard InChI is InChI=1S/C21H24FN5O/c1-16-6-8-17(9-7-16)14-27-20(23-24-25-27)15-26-12-10-21(28,11-13-26)18-4-2-3-5-19(18)22/h2-9,28H,10-15H2,1H3/p+1. The molecule has 0 aliphatic carbocycles. The molecule has 2 aromatic carbocycles. The molecule has 0 radical (unpaired) electrons. The van der Waals surface area contributed by atoms with Crippen molar-refractivity contribution in [3.8, 4) is 0 Å². The van der Waals surface area contributed by atoms with Gasteiger partial charge in [-0.15, -0.1) is 5.10 Å². The molecule has 28 heavy (non-hydrogen) atoms. The topological polar surface area (TPSA) is 68.3 Å². The summed E-state index contributed by atoms with van der Waals surface area (Å²) in [7, 11) is 0. The minimum atomic E-state index is -1.09. The third-order valence-electron chi connectivity index (χ3n) is 5.63. The molecule has 146 valence electrons. The smallest absolute Gasteiger partial charge is 0.206 e. The molecule has 0 spiro atoms. The predicted octanol–water partition coefficient (Wildman–Crippen LogP) is 1.24. The number of aromatic nitrogens is 4. The Balaban J connectivity index is 1.40. The van der Waals surface area contributed by atoms with Gasteiger partial charge in [-0.3, -0.25) is 0 Å². The van der Waals surface area contributed by atoms with Crippen LogP contribution in [0, 0.1) is 12.7 Å². The second kappa shape index (κ2) is 7.77. The fraction of sp³-hybridized carbons (Fsp3) is 0.381. The summed E-state index contributed by atoms with van der Waals surface area (Å²) in [5.74, 6) is 0.488. The van der Waals surface area contributed by atoms with Crippen molar-refractivity contribution in [2.24, 2.45) is 0 Å². The van der Waals surface area contributed by atoms with E-state index < -0.39 is 5.60 Å². The highest BCUT2D eigenvalue weighted by molar-refractivity contribution is 5.24. The Morgan fingerprint density at radius 3 is 2.54 bits per heavy atom. The predicted molar refractivity (Wildman–Crippen MR) is 102 cm³/mol. The SMILES string of the molecule is Cc1ccc(Cn2nnnc2C[NH+]2CCC(O)(c3ccccc3F)CC2)cc1. The molecule has 1 aromatic heterocycles. The first-order chi connectivity index (χ1) is 13.5. The van der Waals surface area contributed by atoms with Crippen molar-refractivity contribution in [3.05, 3.63) is 76.9 Å². The molecule has 2 N–H and O–H groups in total. The zero-order valence-corrected chi connectivity index (χ0v) is 16.0. The molecular formula is C21H25FN5O+. The molecule has 1 aliphatic heterocycles. The monoisotopic (exact) mass is 382 g/mol. The van der Waals surface area contributed by atoms with E-state index in [-0.39, 0.29) is 5.82 Å². The van der Waals surface area contributed by atoms with Crippen LogP contribution in [0.1, 0.15) is 35.4 Å². The Kier molecular flexibility index (Phi) is 5.19. The van der Waals surface area contributed by atoms with E-state index in [4.69, 9.17) is 0 Å². The molecule has 3 aromatic rings. The summed E-state index contributed by atoms with van der Waals surface area (Å²) in [5.41, 5.74) is 1.68. The number of hydrogen-bond donors (Lipinski definition) is 2. The number of nitrogens with one attached hydrogen (secondary N) is 1. The normalized spacial score (nSPS) is 22.3. The number of tetrazole rings is 1. The highest BCUT2D eigenvalue weighted by Gasteiger charge is 2.38. The Labute approximate surface area is 163 Å². The van der Waals surface area contributed by atoms with Crippen LogP contribution in [0.3, 0.4) is 0 Å². The van der Waals surface area contributed by atoms with Crippen molar-refractivity contribution >= 4 is 0 Å². The minimum Gasteiger partial charge on any atom is -0.385 e. The lowest BCUT2D eigenvalue weighted by Gasteiger charge is -2.36. The fourth-order valence-corrected chi connectivity index (χ4v) is 3.86. The Morgan fingerprint density at radius 1 is 1.11 bits per heavy atom. The number of benzene rings is 2. The van der Waals surface area contributed by atoms with Crippen molar-refractivity contribution in [2.45, 2.75) is 38.5 Å². The summed E-state index contributed by atoms with van der Waals surface area (Å²) in [6, 6.07) is 14.9. The van der Waals surface area contributed by atoms with Crippen molar-refractivity contribution in [1.29, 1.82) is 0 Å². The number of rotatable bonds is 5. The average Bonchev–Trinajstić information content (AvgIpc) is 3.12. The van der Waals surface area contributed by atoms with Crippen LogP contribution in [0.2, 0.25) is 0 Å². The minimum absolute atomic E-state index is 0.338. The van der Waals surface area contributed by atoms with Gasteiger partial charge in [-0.25, -0.2) is 9.07 Å². The van der Waals surface area contributed by atoms with E-state index in [1.165, 1.54) is 16.5 Å². The van der Waals surface area contributed by atoms with Crippen molar-refractivity contribution in [1.82, 2.24) is 20.2 Å². The number of aryl methyl sites for hydroxylation is 1. The highest BCUT2D eigenvalue weighted by Crippen LogP contribution is 2.31. The maximum Gasteiger partial charge on any atom is 0.206 e. The van der Waals surface area contributed by atoms with E-state index in [1.807, 2.05) is 4.68 Å². The summed E-state index contributed by atoms with van der Waals surface area (Å²) in [5, 5.41) is 23.1. The van der Waals surface area contributed by atoms with Gasteiger partial charge >= 0.3 is 0 Å². The Bertz CT molecular complexity index is 932. The summed E-state index contributed by atoms with van der Waals surface area (Å²) < 4.78 is 15.9. The first kappa shape index (κ1) is 18.7. The zero-order chi connectivity index (χ0) is 19.6. The van der Waals surface area contributed by atoms with Crippen LogP contribution in [0.5, 0.6) is 0 Å².